The van der Waals surface area contributed by atoms with Crippen molar-refractivity contribution in [3.05, 3.63) is 35.7 Å². The molecule has 2 heterocycles. The van der Waals surface area contributed by atoms with E-state index in [0.717, 1.165) is 5.56 Å². The number of nitrogens with one attached hydrogen (secondary N) is 1. The van der Waals surface area contributed by atoms with E-state index in [0.29, 0.717) is 43.4 Å². The first kappa shape index (κ1) is 17.3. The number of hydrogen-bond acceptors (Lipinski definition) is 5. The molecule has 5 nitrogen and oxygen atoms in total. The van der Waals surface area contributed by atoms with E-state index in [1.807, 2.05) is 12.1 Å². The molecule has 2 aromatic rings. The summed E-state index contributed by atoms with van der Waals surface area (Å²) < 4.78 is 19.1. The summed E-state index contributed by atoms with van der Waals surface area (Å²) in [7, 11) is 0. The monoisotopic (exact) mass is 357 g/mol. The third kappa shape index (κ3) is 3.18. The van der Waals surface area contributed by atoms with Gasteiger partial charge >= 0.3 is 0 Å². The number of alkyl halides is 1. The number of hydrogen-bond donors (Lipinski definition) is 1. The number of Topliss-reactive ketones (excluding diaryl/α,β-unsaturated/α-hetero) is 1. The number of piperidine rings is 1. The van der Waals surface area contributed by atoms with Crippen molar-refractivity contribution >= 4 is 5.78 Å². The van der Waals surface area contributed by atoms with Crippen LogP contribution in [0.15, 0.2) is 28.8 Å². The Morgan fingerprint density at radius 1 is 1.23 bits per heavy atom. The SMILES string of the molecule is CC(C)c1ccc(-c2noc(C3CNC4CCC(F)CC4C3=O)n2)cc1. The van der Waals surface area contributed by atoms with Crippen LogP contribution >= 0.6 is 0 Å². The second-order valence-electron chi connectivity index (χ2n) is 7.72. The Balaban J connectivity index is 1.53. The van der Waals surface area contributed by atoms with Crippen molar-refractivity contribution in [3.8, 4) is 11.4 Å². The third-order valence-electron chi connectivity index (χ3n) is 5.65. The fraction of sp³-hybridized carbons (Fsp3) is 0.550. The van der Waals surface area contributed by atoms with E-state index >= 15 is 0 Å². The second-order valence-corrected chi connectivity index (χ2v) is 7.72. The first-order valence-corrected chi connectivity index (χ1v) is 9.38. The zero-order valence-corrected chi connectivity index (χ0v) is 15.1. The minimum atomic E-state index is -0.890. The van der Waals surface area contributed by atoms with Gasteiger partial charge in [-0.1, -0.05) is 43.3 Å². The van der Waals surface area contributed by atoms with Gasteiger partial charge in [0, 0.05) is 24.1 Å². The predicted molar refractivity (Wildman–Crippen MR) is 95.6 cm³/mol. The van der Waals surface area contributed by atoms with Crippen molar-refractivity contribution in [2.75, 3.05) is 6.54 Å². The normalized spacial score (nSPS) is 29.0. The molecule has 1 aromatic heterocycles. The minimum Gasteiger partial charge on any atom is -0.338 e. The number of halogens is 1. The predicted octanol–water partition coefficient (Wildman–Crippen LogP) is 3.62. The molecule has 138 valence electrons. The Morgan fingerprint density at radius 2 is 2.00 bits per heavy atom. The summed E-state index contributed by atoms with van der Waals surface area (Å²) in [5, 5.41) is 7.42. The second kappa shape index (κ2) is 6.91. The van der Waals surface area contributed by atoms with Gasteiger partial charge in [0.05, 0.1) is 0 Å². The van der Waals surface area contributed by atoms with Crippen LogP contribution in [-0.2, 0) is 4.79 Å². The lowest BCUT2D eigenvalue weighted by molar-refractivity contribution is -0.129. The Labute approximate surface area is 152 Å². The molecule has 0 spiro atoms. The van der Waals surface area contributed by atoms with E-state index in [1.165, 1.54) is 5.56 Å². The number of carbonyl (C=O) groups excluding carboxylic acids is 1. The standard InChI is InChI=1S/C20H24FN3O2/c1-11(2)12-3-5-13(6-4-12)19-23-20(26-24-19)16-10-22-17-8-7-14(21)9-15(17)18(16)25/h3-6,11,14-17,22H,7-10H2,1-2H3. The molecule has 1 aliphatic carbocycles. The van der Waals surface area contributed by atoms with Crippen LogP contribution in [0, 0.1) is 5.92 Å². The number of ketones is 1. The first-order chi connectivity index (χ1) is 12.5. The van der Waals surface area contributed by atoms with Gasteiger partial charge in [-0.05, 0) is 30.7 Å². The summed E-state index contributed by atoms with van der Waals surface area (Å²) >= 11 is 0. The molecule has 2 fully saturated rings. The summed E-state index contributed by atoms with van der Waals surface area (Å²) in [6, 6.07) is 8.12. The minimum absolute atomic E-state index is 0.0291. The van der Waals surface area contributed by atoms with Crippen LogP contribution in [0.2, 0.25) is 0 Å². The van der Waals surface area contributed by atoms with Crippen molar-refractivity contribution in [1.29, 1.82) is 0 Å². The molecular formula is C20H24FN3O2. The molecular weight excluding hydrogens is 333 g/mol. The van der Waals surface area contributed by atoms with Crippen LogP contribution in [0.25, 0.3) is 11.4 Å². The number of nitrogens with zero attached hydrogens (tertiary/aromatic N) is 2. The highest BCUT2D eigenvalue weighted by atomic mass is 19.1. The Kier molecular flexibility index (Phi) is 4.61. The molecule has 4 rings (SSSR count). The summed E-state index contributed by atoms with van der Waals surface area (Å²) in [6.07, 6.45) is 0.647. The van der Waals surface area contributed by atoms with E-state index in [9.17, 15) is 9.18 Å². The number of fused-ring (bicyclic) bond motifs is 1. The number of aromatic nitrogens is 2. The van der Waals surface area contributed by atoms with Gasteiger partial charge in [-0.2, -0.15) is 4.98 Å². The van der Waals surface area contributed by atoms with E-state index in [4.69, 9.17) is 4.52 Å². The zero-order valence-electron chi connectivity index (χ0n) is 15.1. The maximum Gasteiger partial charge on any atom is 0.238 e. The van der Waals surface area contributed by atoms with Crippen LogP contribution in [0.3, 0.4) is 0 Å². The van der Waals surface area contributed by atoms with Crippen LogP contribution in [-0.4, -0.2) is 34.7 Å². The summed E-state index contributed by atoms with van der Waals surface area (Å²) in [4.78, 5) is 17.3. The molecule has 4 unspecified atom stereocenters. The summed E-state index contributed by atoms with van der Waals surface area (Å²) in [5.41, 5.74) is 2.10. The highest BCUT2D eigenvalue weighted by Crippen LogP contribution is 2.35. The first-order valence-electron chi connectivity index (χ1n) is 9.38. The molecule has 26 heavy (non-hydrogen) atoms. The molecule has 6 heteroatoms. The van der Waals surface area contributed by atoms with Gasteiger partial charge in [-0.15, -0.1) is 0 Å². The van der Waals surface area contributed by atoms with Gasteiger partial charge in [-0.25, -0.2) is 4.39 Å². The maximum absolute atomic E-state index is 13.7. The fourth-order valence-corrected chi connectivity index (χ4v) is 4.03. The molecule has 4 atom stereocenters. The van der Waals surface area contributed by atoms with Crippen molar-refractivity contribution in [2.45, 2.75) is 57.2 Å². The van der Waals surface area contributed by atoms with Gasteiger partial charge in [0.1, 0.15) is 12.1 Å². The smallest absolute Gasteiger partial charge is 0.238 e. The van der Waals surface area contributed by atoms with Gasteiger partial charge in [0.2, 0.25) is 11.7 Å². The topological polar surface area (TPSA) is 68.0 Å². The fourth-order valence-electron chi connectivity index (χ4n) is 4.03. The lowest BCUT2D eigenvalue weighted by Crippen LogP contribution is -2.53. The molecule has 0 bridgehead atoms. The number of rotatable bonds is 3. The van der Waals surface area contributed by atoms with Crippen LogP contribution in [0.1, 0.15) is 56.4 Å². The van der Waals surface area contributed by atoms with Gasteiger partial charge in [0.15, 0.2) is 5.78 Å². The molecule has 1 aliphatic heterocycles. The number of carbonyl (C=O) groups is 1. The lowest BCUT2D eigenvalue weighted by atomic mass is 9.74. The van der Waals surface area contributed by atoms with Gasteiger partial charge in [0.25, 0.3) is 0 Å². The molecule has 2 aliphatic rings. The highest BCUT2D eigenvalue weighted by molar-refractivity contribution is 5.89. The lowest BCUT2D eigenvalue weighted by Gasteiger charge is -2.38. The van der Waals surface area contributed by atoms with Crippen molar-refractivity contribution in [2.24, 2.45) is 5.92 Å². The Bertz CT molecular complexity index is 787. The quantitative estimate of drug-likeness (QED) is 0.909. The summed E-state index contributed by atoms with van der Waals surface area (Å²) in [5.74, 6) is 0.512. The molecule has 1 N–H and O–H groups in total. The highest BCUT2D eigenvalue weighted by Gasteiger charge is 2.44. The maximum atomic E-state index is 13.7. The van der Waals surface area contributed by atoms with E-state index < -0.39 is 12.1 Å². The van der Waals surface area contributed by atoms with Crippen LogP contribution in [0.4, 0.5) is 4.39 Å². The third-order valence-corrected chi connectivity index (χ3v) is 5.65. The van der Waals surface area contributed by atoms with Gasteiger partial charge < -0.3 is 9.84 Å². The average Bonchev–Trinajstić information content (AvgIpc) is 3.12. The Hall–Kier alpha value is -2.08. The zero-order chi connectivity index (χ0) is 18.3. The molecule has 0 radical (unpaired) electrons. The average molecular weight is 357 g/mol. The largest absolute Gasteiger partial charge is 0.338 e. The van der Waals surface area contributed by atoms with Crippen LogP contribution in [0.5, 0.6) is 0 Å². The van der Waals surface area contributed by atoms with E-state index in [2.05, 4.69) is 41.4 Å². The summed E-state index contributed by atoms with van der Waals surface area (Å²) in [6.45, 7) is 4.76. The Morgan fingerprint density at radius 3 is 2.73 bits per heavy atom. The van der Waals surface area contributed by atoms with Crippen LogP contribution < -0.4 is 5.32 Å². The van der Waals surface area contributed by atoms with Crippen molar-refractivity contribution in [1.82, 2.24) is 15.5 Å². The van der Waals surface area contributed by atoms with Crippen molar-refractivity contribution < 1.29 is 13.7 Å². The van der Waals surface area contributed by atoms with E-state index in [1.54, 1.807) is 0 Å². The van der Waals surface area contributed by atoms with Gasteiger partial charge in [-0.3, -0.25) is 4.79 Å². The molecule has 0 amide bonds. The number of benzene rings is 1. The molecule has 1 saturated carbocycles. The van der Waals surface area contributed by atoms with E-state index in [-0.39, 0.29) is 17.7 Å². The molecule has 1 saturated heterocycles. The van der Waals surface area contributed by atoms with Crippen molar-refractivity contribution in [3.63, 3.8) is 0 Å². The molecule has 1 aromatic carbocycles.